The van der Waals surface area contributed by atoms with Gasteiger partial charge in [0.05, 0.1) is 17.2 Å². The predicted octanol–water partition coefficient (Wildman–Crippen LogP) is 1.31. The highest BCUT2D eigenvalue weighted by molar-refractivity contribution is 6.15. The molecule has 0 radical (unpaired) electrons. The van der Waals surface area contributed by atoms with E-state index in [0.717, 1.165) is 0 Å². The second kappa shape index (κ2) is 7.20. The topological polar surface area (TPSA) is 122 Å². The van der Waals surface area contributed by atoms with Crippen LogP contribution in [-0.4, -0.2) is 46.5 Å². The zero-order chi connectivity index (χ0) is 18.8. The molecule has 2 rings (SSSR count). The van der Waals surface area contributed by atoms with E-state index in [1.807, 2.05) is 0 Å². The zero-order valence-corrected chi connectivity index (χ0v) is 14.2. The van der Waals surface area contributed by atoms with Crippen LogP contribution in [0.15, 0.2) is 18.2 Å². The molecule has 136 valence electrons. The predicted molar refractivity (Wildman–Crippen MR) is 86.0 cm³/mol. The molecule has 1 aromatic rings. The minimum absolute atomic E-state index is 0.0209. The maximum Gasteiger partial charge on any atom is 0.407 e. The minimum atomic E-state index is -1.41. The standard InChI is InChI=1S/C17H21NO7/c1-17(2,3)25-16(23)18-8-7-11(19)13(20)9-5-4-6-10-12(9)15(22)24-14(10)21/h4-6,11,13,19-20H,7-8H2,1-3H3,(H,18,23). The highest BCUT2D eigenvalue weighted by atomic mass is 16.6. The summed E-state index contributed by atoms with van der Waals surface area (Å²) in [6.45, 7) is 5.23. The number of hydrogen-bond acceptors (Lipinski definition) is 7. The molecule has 25 heavy (non-hydrogen) atoms. The van der Waals surface area contributed by atoms with Crippen molar-refractivity contribution in [2.75, 3.05) is 6.54 Å². The van der Waals surface area contributed by atoms with Crippen LogP contribution in [0.5, 0.6) is 0 Å². The van der Waals surface area contributed by atoms with Gasteiger partial charge in [-0.05, 0) is 38.8 Å². The number of benzene rings is 1. The van der Waals surface area contributed by atoms with Crippen molar-refractivity contribution >= 4 is 18.0 Å². The summed E-state index contributed by atoms with van der Waals surface area (Å²) in [6, 6.07) is 4.34. The summed E-state index contributed by atoms with van der Waals surface area (Å²) >= 11 is 0. The lowest BCUT2D eigenvalue weighted by Gasteiger charge is -2.21. The van der Waals surface area contributed by atoms with Gasteiger partial charge in [0.25, 0.3) is 0 Å². The van der Waals surface area contributed by atoms with Crippen molar-refractivity contribution in [1.82, 2.24) is 5.32 Å². The van der Waals surface area contributed by atoms with Crippen LogP contribution >= 0.6 is 0 Å². The summed E-state index contributed by atoms with van der Waals surface area (Å²) in [7, 11) is 0. The molecule has 0 fully saturated rings. The SMILES string of the molecule is CC(C)(C)OC(=O)NCCC(O)C(O)c1cccc2c1C(=O)OC2=O. The lowest BCUT2D eigenvalue weighted by molar-refractivity contribution is 0.0116. The molecule has 8 heteroatoms. The second-order valence-corrected chi connectivity index (χ2v) is 6.68. The van der Waals surface area contributed by atoms with Gasteiger partial charge in [0.15, 0.2) is 0 Å². The first-order valence-electron chi connectivity index (χ1n) is 7.82. The Hall–Kier alpha value is -2.45. The highest BCUT2D eigenvalue weighted by Crippen LogP contribution is 2.30. The van der Waals surface area contributed by atoms with Gasteiger partial charge in [-0.3, -0.25) is 0 Å². The van der Waals surface area contributed by atoms with Crippen molar-refractivity contribution in [3.8, 4) is 0 Å². The van der Waals surface area contributed by atoms with Crippen molar-refractivity contribution < 1.29 is 34.1 Å². The molecule has 0 aliphatic carbocycles. The number of esters is 2. The second-order valence-electron chi connectivity index (χ2n) is 6.68. The van der Waals surface area contributed by atoms with Crippen LogP contribution in [0.2, 0.25) is 0 Å². The minimum Gasteiger partial charge on any atom is -0.444 e. The average Bonchev–Trinajstić information content (AvgIpc) is 2.79. The third-order valence-corrected chi connectivity index (χ3v) is 3.50. The van der Waals surface area contributed by atoms with Gasteiger partial charge in [-0.15, -0.1) is 0 Å². The summed E-state index contributed by atoms with van der Waals surface area (Å²) < 4.78 is 9.58. The van der Waals surface area contributed by atoms with E-state index in [9.17, 15) is 24.6 Å². The Morgan fingerprint density at radius 1 is 1.24 bits per heavy atom. The van der Waals surface area contributed by atoms with E-state index in [4.69, 9.17) is 4.74 Å². The van der Waals surface area contributed by atoms with Gasteiger partial charge in [0.2, 0.25) is 0 Å². The van der Waals surface area contributed by atoms with Crippen LogP contribution < -0.4 is 5.32 Å². The molecule has 0 spiro atoms. The Bertz CT molecular complexity index is 693. The lowest BCUT2D eigenvalue weighted by atomic mass is 9.94. The third kappa shape index (κ3) is 4.55. The van der Waals surface area contributed by atoms with E-state index >= 15 is 0 Å². The maximum absolute atomic E-state index is 11.8. The first-order chi connectivity index (χ1) is 11.6. The van der Waals surface area contributed by atoms with Crippen molar-refractivity contribution in [2.45, 2.75) is 45.0 Å². The number of fused-ring (bicyclic) bond motifs is 1. The van der Waals surface area contributed by atoms with E-state index in [0.29, 0.717) is 0 Å². The number of carbonyl (C=O) groups is 3. The summed E-state index contributed by atoms with van der Waals surface area (Å²) in [4.78, 5) is 34.8. The van der Waals surface area contributed by atoms with Gasteiger partial charge in [0, 0.05) is 6.54 Å². The van der Waals surface area contributed by atoms with Crippen LogP contribution in [0, 0.1) is 0 Å². The van der Waals surface area contributed by atoms with Crippen LogP contribution in [0.1, 0.15) is 59.6 Å². The largest absolute Gasteiger partial charge is 0.444 e. The molecular formula is C17H21NO7. The van der Waals surface area contributed by atoms with Gasteiger partial charge in [-0.25, -0.2) is 14.4 Å². The van der Waals surface area contributed by atoms with Crippen molar-refractivity contribution in [3.05, 3.63) is 34.9 Å². The van der Waals surface area contributed by atoms with Gasteiger partial charge < -0.3 is 25.0 Å². The maximum atomic E-state index is 11.8. The quantitative estimate of drug-likeness (QED) is 0.540. The molecular weight excluding hydrogens is 330 g/mol. The van der Waals surface area contributed by atoms with Gasteiger partial charge in [-0.1, -0.05) is 12.1 Å². The van der Waals surface area contributed by atoms with E-state index in [1.54, 1.807) is 20.8 Å². The molecule has 8 nitrogen and oxygen atoms in total. The fourth-order valence-electron chi connectivity index (χ4n) is 2.41. The monoisotopic (exact) mass is 351 g/mol. The Morgan fingerprint density at radius 3 is 2.56 bits per heavy atom. The normalized spacial score (nSPS) is 16.0. The number of cyclic esters (lactones) is 2. The molecule has 1 amide bonds. The third-order valence-electron chi connectivity index (χ3n) is 3.50. The number of alkyl carbamates (subject to hydrolysis) is 1. The van der Waals surface area contributed by atoms with Gasteiger partial charge in [-0.2, -0.15) is 0 Å². The molecule has 1 aliphatic heterocycles. The number of aliphatic hydroxyl groups excluding tert-OH is 2. The van der Waals surface area contributed by atoms with Crippen molar-refractivity contribution in [3.63, 3.8) is 0 Å². The Balaban J connectivity index is 1.98. The molecule has 3 N–H and O–H groups in total. The van der Waals surface area contributed by atoms with E-state index in [-0.39, 0.29) is 29.7 Å². The Kier molecular flexibility index (Phi) is 5.44. The van der Waals surface area contributed by atoms with E-state index < -0.39 is 35.8 Å². The molecule has 0 aromatic heterocycles. The number of ether oxygens (including phenoxy) is 2. The summed E-state index contributed by atoms with van der Waals surface area (Å²) in [6.07, 6.45) is -3.28. The number of amides is 1. The molecule has 2 unspecified atom stereocenters. The summed E-state index contributed by atoms with van der Waals surface area (Å²) in [5, 5.41) is 22.9. The molecule has 0 saturated carbocycles. The fourth-order valence-corrected chi connectivity index (χ4v) is 2.41. The van der Waals surface area contributed by atoms with Gasteiger partial charge in [0.1, 0.15) is 11.7 Å². The van der Waals surface area contributed by atoms with Crippen molar-refractivity contribution in [2.24, 2.45) is 0 Å². The molecule has 0 bridgehead atoms. The average molecular weight is 351 g/mol. The van der Waals surface area contributed by atoms with E-state index in [1.165, 1.54) is 18.2 Å². The number of carbonyl (C=O) groups excluding carboxylic acids is 3. The van der Waals surface area contributed by atoms with Crippen molar-refractivity contribution in [1.29, 1.82) is 0 Å². The number of hydrogen-bond donors (Lipinski definition) is 3. The number of nitrogens with one attached hydrogen (secondary N) is 1. The number of rotatable bonds is 5. The Labute approximate surface area is 144 Å². The number of aliphatic hydroxyl groups is 2. The van der Waals surface area contributed by atoms with E-state index in [2.05, 4.69) is 10.1 Å². The van der Waals surface area contributed by atoms with Crippen LogP contribution in [0.4, 0.5) is 4.79 Å². The fraction of sp³-hybridized carbons (Fsp3) is 0.471. The first kappa shape index (κ1) is 18.9. The smallest absolute Gasteiger partial charge is 0.407 e. The molecule has 1 aliphatic rings. The molecule has 2 atom stereocenters. The molecule has 1 heterocycles. The highest BCUT2D eigenvalue weighted by Gasteiger charge is 2.35. The van der Waals surface area contributed by atoms with Crippen LogP contribution in [0.25, 0.3) is 0 Å². The van der Waals surface area contributed by atoms with Crippen LogP contribution in [0.3, 0.4) is 0 Å². The lowest BCUT2D eigenvalue weighted by Crippen LogP contribution is -2.34. The summed E-state index contributed by atoms with van der Waals surface area (Å²) in [5.41, 5.74) is -0.516. The zero-order valence-electron chi connectivity index (χ0n) is 14.2. The molecule has 1 aromatic carbocycles. The first-order valence-corrected chi connectivity index (χ1v) is 7.82. The van der Waals surface area contributed by atoms with Gasteiger partial charge >= 0.3 is 18.0 Å². The molecule has 0 saturated heterocycles. The van der Waals surface area contributed by atoms with Crippen LogP contribution in [-0.2, 0) is 9.47 Å². The summed E-state index contributed by atoms with van der Waals surface area (Å²) in [5.74, 6) is -1.64. The Morgan fingerprint density at radius 2 is 1.92 bits per heavy atom.